The van der Waals surface area contributed by atoms with Gasteiger partial charge in [0.1, 0.15) is 0 Å². The number of thioether (sulfide) groups is 1. The molecule has 1 heterocycles. The summed E-state index contributed by atoms with van der Waals surface area (Å²) in [6, 6.07) is 0.271. The van der Waals surface area contributed by atoms with E-state index in [0.717, 1.165) is 10.2 Å². The van der Waals surface area contributed by atoms with Gasteiger partial charge in [0.15, 0.2) is 0 Å². The number of rotatable bonds is 0. The van der Waals surface area contributed by atoms with E-state index in [0.29, 0.717) is 5.92 Å². The molecule has 0 saturated carbocycles. The van der Waals surface area contributed by atoms with Crippen LogP contribution in [0.5, 0.6) is 0 Å². The summed E-state index contributed by atoms with van der Waals surface area (Å²) in [5.41, 5.74) is 7.34. The molecule has 0 spiro atoms. The zero-order valence-corrected chi connectivity index (χ0v) is 10.2. The van der Waals surface area contributed by atoms with Crippen molar-refractivity contribution >= 4 is 40.1 Å². The highest BCUT2D eigenvalue weighted by atomic mass is 79.9. The molecule has 0 amide bonds. The van der Waals surface area contributed by atoms with Crippen molar-refractivity contribution in [3.8, 4) is 0 Å². The fraction of sp³-hybridized carbons (Fsp3) is 0.333. The predicted octanol–water partition coefficient (Wildman–Crippen LogP) is 2.83. The average molecular weight is 281 g/mol. The van der Waals surface area contributed by atoms with Gasteiger partial charge in [0.25, 0.3) is 0 Å². The Balaban J connectivity index is 0.000000845. The summed E-state index contributed by atoms with van der Waals surface area (Å²) in [5, 5.41) is 2.21. The van der Waals surface area contributed by atoms with Crippen LogP contribution in [0.2, 0.25) is 0 Å². The van der Waals surface area contributed by atoms with Crippen LogP contribution >= 0.6 is 40.1 Å². The lowest BCUT2D eigenvalue weighted by Crippen LogP contribution is -2.34. The van der Waals surface area contributed by atoms with Gasteiger partial charge < -0.3 is 5.73 Å². The van der Waals surface area contributed by atoms with Gasteiger partial charge in [-0.25, -0.2) is 0 Å². The molecule has 1 aliphatic heterocycles. The third-order valence-corrected chi connectivity index (χ3v) is 3.67. The summed E-state index contributed by atoms with van der Waals surface area (Å²) in [6.45, 7) is 0. The van der Waals surface area contributed by atoms with Gasteiger partial charge in [0.2, 0.25) is 0 Å². The second-order valence-electron chi connectivity index (χ2n) is 3.03. The Hall–Kier alpha value is 0.300. The van der Waals surface area contributed by atoms with E-state index in [9.17, 15) is 0 Å². The average Bonchev–Trinajstić information content (AvgIpc) is 2.07. The zero-order valence-electron chi connectivity index (χ0n) is 6.94. The predicted molar refractivity (Wildman–Crippen MR) is 65.4 cm³/mol. The molecule has 0 aromatic heterocycles. The van der Waals surface area contributed by atoms with E-state index in [2.05, 4.69) is 39.6 Å². The zero-order chi connectivity index (χ0) is 8.55. The van der Waals surface area contributed by atoms with Gasteiger partial charge in [0.05, 0.1) is 0 Å². The van der Waals surface area contributed by atoms with Crippen molar-refractivity contribution in [3.05, 3.63) is 33.7 Å². The van der Waals surface area contributed by atoms with Crippen molar-refractivity contribution < 1.29 is 0 Å². The van der Waals surface area contributed by atoms with E-state index in [1.807, 2.05) is 11.8 Å². The molecule has 1 nitrogen and oxygen atoms in total. The van der Waals surface area contributed by atoms with E-state index in [4.69, 9.17) is 5.73 Å². The van der Waals surface area contributed by atoms with Gasteiger partial charge >= 0.3 is 0 Å². The standard InChI is InChI=1S/C9H10BrNS.ClH/c10-7-2-1-6-4-12-5-9(11)8(6)3-7;/h1-4,8-9H,5,11H2;1H. The van der Waals surface area contributed by atoms with E-state index in [-0.39, 0.29) is 18.4 Å². The van der Waals surface area contributed by atoms with Gasteiger partial charge in [0, 0.05) is 22.2 Å². The second-order valence-corrected chi connectivity index (χ2v) is 4.84. The molecule has 4 heteroatoms. The van der Waals surface area contributed by atoms with Crippen molar-refractivity contribution in [2.45, 2.75) is 6.04 Å². The smallest absolute Gasteiger partial charge is 0.0239 e. The third-order valence-electron chi connectivity index (χ3n) is 2.13. The van der Waals surface area contributed by atoms with Crippen LogP contribution in [-0.2, 0) is 0 Å². The van der Waals surface area contributed by atoms with Crippen molar-refractivity contribution in [1.29, 1.82) is 0 Å². The number of allylic oxidation sites excluding steroid dienone is 3. The monoisotopic (exact) mass is 279 g/mol. The molecule has 0 bridgehead atoms. The fourth-order valence-corrected chi connectivity index (χ4v) is 2.83. The Morgan fingerprint density at radius 3 is 3.00 bits per heavy atom. The molecular weight excluding hydrogens is 270 g/mol. The highest BCUT2D eigenvalue weighted by molar-refractivity contribution is 9.11. The lowest BCUT2D eigenvalue weighted by molar-refractivity contribution is 0.617. The maximum absolute atomic E-state index is 5.99. The third kappa shape index (κ3) is 2.40. The summed E-state index contributed by atoms with van der Waals surface area (Å²) in [6.07, 6.45) is 6.40. The Kier molecular flexibility index (Phi) is 4.10. The molecule has 2 rings (SSSR count). The normalized spacial score (nSPS) is 31.2. The fourth-order valence-electron chi connectivity index (χ4n) is 1.46. The highest BCUT2D eigenvalue weighted by Crippen LogP contribution is 2.33. The van der Waals surface area contributed by atoms with Crippen LogP contribution in [0.15, 0.2) is 33.7 Å². The first-order chi connectivity index (χ1) is 5.77. The number of nitrogens with two attached hydrogens (primary N) is 1. The number of hydrogen-bond donors (Lipinski definition) is 1. The summed E-state index contributed by atoms with van der Waals surface area (Å²) in [7, 11) is 0. The Bertz CT molecular complexity index is 283. The van der Waals surface area contributed by atoms with Gasteiger partial charge in [-0.3, -0.25) is 0 Å². The maximum atomic E-state index is 5.99. The molecule has 0 aromatic carbocycles. The first-order valence-corrected chi connectivity index (χ1v) is 5.74. The van der Waals surface area contributed by atoms with E-state index < -0.39 is 0 Å². The number of fused-ring (bicyclic) bond motifs is 1. The van der Waals surface area contributed by atoms with Crippen LogP contribution in [0.3, 0.4) is 0 Å². The maximum Gasteiger partial charge on any atom is 0.0239 e. The van der Waals surface area contributed by atoms with E-state index in [1.165, 1.54) is 5.57 Å². The topological polar surface area (TPSA) is 26.0 Å². The van der Waals surface area contributed by atoms with Crippen molar-refractivity contribution in [1.82, 2.24) is 0 Å². The van der Waals surface area contributed by atoms with Crippen LogP contribution in [0.1, 0.15) is 0 Å². The largest absolute Gasteiger partial charge is 0.326 e. The minimum absolute atomic E-state index is 0. The lowest BCUT2D eigenvalue weighted by Gasteiger charge is -2.27. The molecule has 0 saturated heterocycles. The van der Waals surface area contributed by atoms with Gasteiger partial charge in [-0.05, 0) is 17.1 Å². The van der Waals surface area contributed by atoms with Crippen LogP contribution in [0.25, 0.3) is 0 Å². The van der Waals surface area contributed by atoms with Crippen LogP contribution < -0.4 is 5.73 Å². The minimum Gasteiger partial charge on any atom is -0.326 e. The molecule has 2 aliphatic rings. The lowest BCUT2D eigenvalue weighted by atomic mass is 9.90. The molecule has 0 fully saturated rings. The van der Waals surface area contributed by atoms with Gasteiger partial charge in [-0.2, -0.15) is 0 Å². The molecule has 2 unspecified atom stereocenters. The van der Waals surface area contributed by atoms with Crippen molar-refractivity contribution in [3.63, 3.8) is 0 Å². The molecule has 72 valence electrons. The Morgan fingerprint density at radius 2 is 2.23 bits per heavy atom. The molecule has 2 N–H and O–H groups in total. The summed E-state index contributed by atoms with van der Waals surface area (Å²) >= 11 is 5.27. The van der Waals surface area contributed by atoms with Crippen LogP contribution in [0, 0.1) is 5.92 Å². The van der Waals surface area contributed by atoms with E-state index >= 15 is 0 Å². The first-order valence-electron chi connectivity index (χ1n) is 3.90. The number of halogens is 2. The summed E-state index contributed by atoms with van der Waals surface area (Å²) < 4.78 is 1.15. The highest BCUT2D eigenvalue weighted by Gasteiger charge is 2.23. The first kappa shape index (κ1) is 11.4. The van der Waals surface area contributed by atoms with Crippen molar-refractivity contribution in [2.75, 3.05) is 5.75 Å². The molecule has 0 radical (unpaired) electrons. The van der Waals surface area contributed by atoms with E-state index in [1.54, 1.807) is 0 Å². The van der Waals surface area contributed by atoms with Gasteiger partial charge in [-0.15, -0.1) is 24.2 Å². The molecule has 13 heavy (non-hydrogen) atoms. The van der Waals surface area contributed by atoms with Crippen molar-refractivity contribution in [2.24, 2.45) is 11.7 Å². The molecule has 2 atom stereocenters. The van der Waals surface area contributed by atoms with Gasteiger partial charge in [-0.1, -0.05) is 28.1 Å². The van der Waals surface area contributed by atoms with Crippen LogP contribution in [0.4, 0.5) is 0 Å². The molecule has 0 aromatic rings. The second kappa shape index (κ2) is 4.69. The Morgan fingerprint density at radius 1 is 1.46 bits per heavy atom. The number of hydrogen-bond acceptors (Lipinski definition) is 2. The molecule has 1 aliphatic carbocycles. The quantitative estimate of drug-likeness (QED) is 0.738. The molecular formula is C9H11BrClNS. The summed E-state index contributed by atoms with van der Waals surface area (Å²) in [4.78, 5) is 0. The minimum atomic E-state index is 0. The van der Waals surface area contributed by atoms with Crippen LogP contribution in [-0.4, -0.2) is 11.8 Å². The SMILES string of the molecule is Cl.NC1CSC=C2C=CC(Br)=CC21. The Labute approximate surface area is 97.1 Å². The summed E-state index contributed by atoms with van der Waals surface area (Å²) in [5.74, 6) is 1.45.